The van der Waals surface area contributed by atoms with Crippen LogP contribution >= 0.6 is 0 Å². The highest BCUT2D eigenvalue weighted by Gasteiger charge is 2.08. The number of sulfonamides is 1. The van der Waals surface area contributed by atoms with E-state index in [9.17, 15) is 13.5 Å². The number of rotatable bonds is 8. The van der Waals surface area contributed by atoms with Crippen molar-refractivity contribution in [1.29, 1.82) is 0 Å². The summed E-state index contributed by atoms with van der Waals surface area (Å²) in [4.78, 5) is 0.119. The van der Waals surface area contributed by atoms with E-state index >= 15 is 0 Å². The number of hydrogen-bond donors (Lipinski definition) is 3. The maximum atomic E-state index is 11.3. The van der Waals surface area contributed by atoms with Gasteiger partial charge in [-0.05, 0) is 55.3 Å². The summed E-state index contributed by atoms with van der Waals surface area (Å²) in [6.45, 7) is 3.06. The van der Waals surface area contributed by atoms with E-state index in [1.165, 1.54) is 12.1 Å². The predicted octanol–water partition coefficient (Wildman–Crippen LogP) is -0.0164. The summed E-state index contributed by atoms with van der Waals surface area (Å²) < 4.78 is 28.4. The monoisotopic (exact) mass is 435 g/mol. The Morgan fingerprint density at radius 3 is 2.28 bits per heavy atom. The first-order chi connectivity index (χ1) is 13.3. The Bertz CT molecular complexity index is 1010. The standard InChI is InChI=1S/C21H24N2O4S.ClH/c1-15(24)17-4-6-18(7-5-17)21-11-8-19(27-21)14-23-13-12-16-2-9-20(10-3-16)28(22,25)26;/h2-11,15,23-24H,12-14H2,1H3,(H2,22,25,26);1H/p-1. The Morgan fingerprint density at radius 1 is 1.03 bits per heavy atom. The van der Waals surface area contributed by atoms with Gasteiger partial charge in [-0.25, -0.2) is 13.6 Å². The number of aliphatic hydroxyl groups is 1. The lowest BCUT2D eigenvalue weighted by atomic mass is 10.1. The maximum Gasteiger partial charge on any atom is 0.238 e. The number of aliphatic hydroxyl groups excluding tert-OH is 1. The van der Waals surface area contributed by atoms with Crippen LogP contribution in [0.25, 0.3) is 11.3 Å². The molecule has 2 aromatic carbocycles. The van der Waals surface area contributed by atoms with Crippen LogP contribution < -0.4 is 22.9 Å². The molecular weight excluding hydrogens is 412 g/mol. The number of furan rings is 1. The summed E-state index contributed by atoms with van der Waals surface area (Å²) in [5, 5.41) is 18.0. The van der Waals surface area contributed by atoms with E-state index in [2.05, 4.69) is 5.32 Å². The van der Waals surface area contributed by atoms with Crippen LogP contribution in [0.4, 0.5) is 0 Å². The topological polar surface area (TPSA) is 106 Å². The lowest BCUT2D eigenvalue weighted by Gasteiger charge is -2.05. The Hall–Kier alpha value is -2.16. The third kappa shape index (κ3) is 6.42. The van der Waals surface area contributed by atoms with Crippen LogP contribution in [0.2, 0.25) is 0 Å². The zero-order valence-electron chi connectivity index (χ0n) is 16.0. The van der Waals surface area contributed by atoms with E-state index in [1.54, 1.807) is 19.1 Å². The highest BCUT2D eigenvalue weighted by molar-refractivity contribution is 7.89. The second-order valence-electron chi connectivity index (χ2n) is 6.68. The summed E-state index contributed by atoms with van der Waals surface area (Å²) in [6.07, 6.45) is 0.278. The van der Waals surface area contributed by atoms with Gasteiger partial charge in [0.15, 0.2) is 0 Å². The summed E-state index contributed by atoms with van der Waals surface area (Å²) in [6, 6.07) is 18.1. The highest BCUT2D eigenvalue weighted by Crippen LogP contribution is 2.24. The van der Waals surface area contributed by atoms with Crippen LogP contribution in [0.5, 0.6) is 0 Å². The van der Waals surface area contributed by atoms with Gasteiger partial charge in [-0.3, -0.25) is 0 Å². The Kier molecular flexibility index (Phi) is 8.01. The molecule has 0 saturated heterocycles. The molecule has 156 valence electrons. The van der Waals surface area contributed by atoms with Crippen molar-refractivity contribution in [3.8, 4) is 11.3 Å². The van der Waals surface area contributed by atoms with Crippen LogP contribution in [0.3, 0.4) is 0 Å². The lowest BCUT2D eigenvalue weighted by molar-refractivity contribution is -0.0000108. The van der Waals surface area contributed by atoms with Crippen molar-refractivity contribution >= 4 is 10.0 Å². The van der Waals surface area contributed by atoms with Crippen molar-refractivity contribution in [2.24, 2.45) is 5.14 Å². The highest BCUT2D eigenvalue weighted by atomic mass is 35.5. The minimum atomic E-state index is -3.65. The van der Waals surface area contributed by atoms with Crippen molar-refractivity contribution in [2.45, 2.75) is 30.9 Å². The van der Waals surface area contributed by atoms with Gasteiger partial charge in [-0.2, -0.15) is 0 Å². The van der Waals surface area contributed by atoms with E-state index in [4.69, 9.17) is 9.56 Å². The van der Waals surface area contributed by atoms with Gasteiger partial charge in [0.1, 0.15) is 11.5 Å². The SMILES string of the molecule is CC(O)c1ccc(-c2ccc(CNCCc3ccc(S(N)(=O)=O)cc3)o2)cc1.[Cl-]. The van der Waals surface area contributed by atoms with E-state index in [0.29, 0.717) is 6.54 Å². The van der Waals surface area contributed by atoms with Crippen LogP contribution in [0.15, 0.2) is 70.0 Å². The first kappa shape index (κ1) is 23.1. The molecule has 0 radical (unpaired) electrons. The first-order valence-electron chi connectivity index (χ1n) is 9.02. The molecule has 29 heavy (non-hydrogen) atoms. The van der Waals surface area contributed by atoms with Crippen LogP contribution in [0, 0.1) is 0 Å². The number of halogens is 1. The quantitative estimate of drug-likeness (QED) is 0.431. The molecule has 1 atom stereocenters. The van der Waals surface area contributed by atoms with Gasteiger partial charge in [-0.15, -0.1) is 0 Å². The Balaban J connectivity index is 0.00000300. The average molecular weight is 436 g/mol. The molecule has 4 N–H and O–H groups in total. The minimum Gasteiger partial charge on any atom is -1.00 e. The molecule has 0 bridgehead atoms. The molecule has 8 heteroatoms. The van der Waals surface area contributed by atoms with Crippen molar-refractivity contribution in [1.82, 2.24) is 5.32 Å². The second kappa shape index (κ2) is 10.0. The van der Waals surface area contributed by atoms with Crippen molar-refractivity contribution in [2.75, 3.05) is 6.54 Å². The van der Waals surface area contributed by atoms with Gasteiger partial charge in [0, 0.05) is 5.56 Å². The summed E-state index contributed by atoms with van der Waals surface area (Å²) >= 11 is 0. The van der Waals surface area contributed by atoms with E-state index in [-0.39, 0.29) is 17.3 Å². The van der Waals surface area contributed by atoms with E-state index in [0.717, 1.165) is 41.2 Å². The van der Waals surface area contributed by atoms with Crippen molar-refractivity contribution < 1.29 is 30.3 Å². The fourth-order valence-electron chi connectivity index (χ4n) is 2.84. The van der Waals surface area contributed by atoms with Crippen molar-refractivity contribution in [3.05, 3.63) is 77.6 Å². The maximum absolute atomic E-state index is 11.3. The lowest BCUT2D eigenvalue weighted by Crippen LogP contribution is -3.00. The van der Waals surface area contributed by atoms with Crippen LogP contribution in [0.1, 0.15) is 29.9 Å². The number of benzene rings is 2. The smallest absolute Gasteiger partial charge is 0.238 e. The predicted molar refractivity (Wildman–Crippen MR) is 108 cm³/mol. The van der Waals surface area contributed by atoms with Crippen LogP contribution in [-0.4, -0.2) is 20.1 Å². The molecular formula is C21H24ClN2O4S-. The molecule has 3 aromatic rings. The fraction of sp³-hybridized carbons (Fsp3) is 0.238. The van der Waals surface area contributed by atoms with Gasteiger partial charge in [-0.1, -0.05) is 36.4 Å². The molecule has 6 nitrogen and oxygen atoms in total. The van der Waals surface area contributed by atoms with Gasteiger partial charge in [0.05, 0.1) is 17.5 Å². The molecule has 0 spiro atoms. The zero-order valence-corrected chi connectivity index (χ0v) is 17.6. The molecule has 1 unspecified atom stereocenters. The molecule has 3 rings (SSSR count). The second-order valence-corrected chi connectivity index (χ2v) is 8.24. The molecule has 1 heterocycles. The molecule has 1 aromatic heterocycles. The number of nitrogens with one attached hydrogen (secondary N) is 1. The first-order valence-corrected chi connectivity index (χ1v) is 10.6. The average Bonchev–Trinajstić information content (AvgIpc) is 3.14. The Morgan fingerprint density at radius 2 is 1.69 bits per heavy atom. The molecule has 0 saturated carbocycles. The normalized spacial score (nSPS) is 12.4. The number of hydrogen-bond acceptors (Lipinski definition) is 5. The molecule has 0 amide bonds. The molecule has 0 aliphatic heterocycles. The minimum absolute atomic E-state index is 0. The van der Waals surface area contributed by atoms with Gasteiger partial charge in [0.2, 0.25) is 10.0 Å². The molecule has 0 aliphatic rings. The summed E-state index contributed by atoms with van der Waals surface area (Å²) in [7, 11) is -3.65. The largest absolute Gasteiger partial charge is 1.00 e. The summed E-state index contributed by atoms with van der Waals surface area (Å²) in [5.74, 6) is 1.62. The van der Waals surface area contributed by atoms with Crippen LogP contribution in [-0.2, 0) is 23.0 Å². The third-order valence-electron chi connectivity index (χ3n) is 4.48. The molecule has 0 fully saturated rings. The van der Waals surface area contributed by atoms with Crippen molar-refractivity contribution in [3.63, 3.8) is 0 Å². The number of primary sulfonamides is 1. The summed E-state index contributed by atoms with van der Waals surface area (Å²) in [5.41, 5.74) is 2.86. The van der Waals surface area contributed by atoms with E-state index in [1.807, 2.05) is 36.4 Å². The zero-order chi connectivity index (χ0) is 20.1. The molecule has 0 aliphatic carbocycles. The van der Waals surface area contributed by atoms with Gasteiger partial charge in [0.25, 0.3) is 0 Å². The fourth-order valence-corrected chi connectivity index (χ4v) is 3.36. The Labute approximate surface area is 177 Å². The third-order valence-corrected chi connectivity index (χ3v) is 5.41. The van der Waals surface area contributed by atoms with E-state index < -0.39 is 16.1 Å². The van der Waals surface area contributed by atoms with Gasteiger partial charge >= 0.3 is 0 Å². The van der Waals surface area contributed by atoms with Gasteiger partial charge < -0.3 is 27.2 Å². The number of nitrogens with two attached hydrogens (primary N) is 1.